The van der Waals surface area contributed by atoms with E-state index in [1.54, 1.807) is 12.3 Å². The van der Waals surface area contributed by atoms with E-state index < -0.39 is 11.7 Å². The summed E-state index contributed by atoms with van der Waals surface area (Å²) in [6.45, 7) is 3.41. The van der Waals surface area contributed by atoms with Gasteiger partial charge in [0, 0.05) is 24.0 Å². The number of ether oxygens (including phenoxy) is 1. The van der Waals surface area contributed by atoms with Gasteiger partial charge >= 0.3 is 12.1 Å². The lowest BCUT2D eigenvalue weighted by Crippen LogP contribution is -2.37. The van der Waals surface area contributed by atoms with Crippen LogP contribution in [0.1, 0.15) is 40.8 Å². The van der Waals surface area contributed by atoms with Crippen LogP contribution in [-0.4, -0.2) is 46.4 Å². The van der Waals surface area contributed by atoms with Crippen molar-refractivity contribution in [3.05, 3.63) is 57.3 Å². The van der Waals surface area contributed by atoms with Crippen LogP contribution in [0.4, 0.5) is 19.0 Å². The van der Waals surface area contributed by atoms with Gasteiger partial charge in [-0.05, 0) is 31.9 Å². The monoisotopic (exact) mass is 538 g/mol. The molecule has 0 spiro atoms. The molecular formula is C24H22ClF3N4O3S. The van der Waals surface area contributed by atoms with Gasteiger partial charge in [0.05, 0.1) is 47.6 Å². The molecule has 3 aromatic rings. The number of carbonyl (C=O) groups excluding carboxylic acids is 2. The van der Waals surface area contributed by atoms with E-state index in [0.717, 1.165) is 6.07 Å². The molecule has 190 valence electrons. The maximum atomic E-state index is 13.2. The molecule has 36 heavy (non-hydrogen) atoms. The van der Waals surface area contributed by atoms with Crippen molar-refractivity contribution in [3.63, 3.8) is 0 Å². The zero-order chi connectivity index (χ0) is 25.9. The fraction of sp³-hybridized carbons (Fsp3) is 0.375. The Morgan fingerprint density at radius 3 is 2.58 bits per heavy atom. The van der Waals surface area contributed by atoms with Crippen LogP contribution in [0.15, 0.2) is 36.0 Å². The number of hydrogen-bond donors (Lipinski definition) is 0. The standard InChI is InChI=1S/C24H22ClF3N4O3S/c1-2-35-23(34)14-5-7-32(8-6-14)21-12-29-18(11-30-21)20(33)10-22-31-19(13-36-22)15-3-4-17(25)16(9-15)24(26,27)28/h3-4,9,11-14H,2,5-8,10H2,1H3. The first-order chi connectivity index (χ1) is 17.2. The summed E-state index contributed by atoms with van der Waals surface area (Å²) in [6, 6.07) is 3.58. The summed E-state index contributed by atoms with van der Waals surface area (Å²) in [5.41, 5.74) is -0.175. The molecule has 2 aromatic heterocycles. The van der Waals surface area contributed by atoms with Gasteiger partial charge in [0.2, 0.25) is 0 Å². The second-order valence-electron chi connectivity index (χ2n) is 8.19. The topological polar surface area (TPSA) is 85.3 Å². The quantitative estimate of drug-likeness (QED) is 0.291. The summed E-state index contributed by atoms with van der Waals surface area (Å²) >= 11 is 6.86. The fourth-order valence-electron chi connectivity index (χ4n) is 3.89. The third kappa shape index (κ3) is 6.01. The van der Waals surface area contributed by atoms with Gasteiger partial charge in [-0.15, -0.1) is 11.3 Å². The Balaban J connectivity index is 1.37. The number of aromatic nitrogens is 3. The van der Waals surface area contributed by atoms with Gasteiger partial charge in [-0.1, -0.05) is 17.7 Å². The van der Waals surface area contributed by atoms with Crippen molar-refractivity contribution >= 4 is 40.5 Å². The van der Waals surface area contributed by atoms with Gasteiger partial charge in [0.15, 0.2) is 5.78 Å². The number of hydrogen-bond acceptors (Lipinski definition) is 8. The minimum Gasteiger partial charge on any atom is -0.466 e. The average molecular weight is 539 g/mol. The molecule has 4 rings (SSSR count). The van der Waals surface area contributed by atoms with E-state index >= 15 is 0 Å². The van der Waals surface area contributed by atoms with Crippen molar-refractivity contribution in [2.45, 2.75) is 32.4 Å². The summed E-state index contributed by atoms with van der Waals surface area (Å²) in [5, 5.41) is 1.66. The van der Waals surface area contributed by atoms with Crippen LogP contribution < -0.4 is 4.90 Å². The van der Waals surface area contributed by atoms with Gasteiger partial charge in [-0.2, -0.15) is 13.2 Å². The number of halogens is 4. The molecule has 3 heterocycles. The Hall–Kier alpha value is -3.05. The van der Waals surface area contributed by atoms with Crippen LogP contribution in [0.5, 0.6) is 0 Å². The van der Waals surface area contributed by atoms with Crippen LogP contribution >= 0.6 is 22.9 Å². The van der Waals surface area contributed by atoms with E-state index in [1.807, 2.05) is 4.90 Å². The lowest BCUT2D eigenvalue weighted by molar-refractivity contribution is -0.148. The molecule has 0 N–H and O–H groups in total. The van der Waals surface area contributed by atoms with Crippen molar-refractivity contribution < 1.29 is 27.5 Å². The molecule has 1 aromatic carbocycles. The third-order valence-electron chi connectivity index (χ3n) is 5.79. The molecule has 1 saturated heterocycles. The lowest BCUT2D eigenvalue weighted by Gasteiger charge is -2.31. The lowest BCUT2D eigenvalue weighted by atomic mass is 9.97. The number of Topliss-reactive ketones (excluding diaryl/α,β-unsaturated/α-hetero) is 1. The highest BCUT2D eigenvalue weighted by Gasteiger charge is 2.33. The maximum Gasteiger partial charge on any atom is 0.417 e. The molecule has 0 amide bonds. The summed E-state index contributed by atoms with van der Waals surface area (Å²) in [5.74, 6) is 0.0224. The van der Waals surface area contributed by atoms with Gasteiger partial charge in [-0.25, -0.2) is 15.0 Å². The minimum absolute atomic E-state index is 0.0522. The Kier molecular flexibility index (Phi) is 7.89. The van der Waals surface area contributed by atoms with E-state index in [1.165, 1.54) is 35.9 Å². The first kappa shape index (κ1) is 26.0. The molecule has 1 aliphatic rings. The van der Waals surface area contributed by atoms with Gasteiger partial charge in [0.1, 0.15) is 16.5 Å². The second-order valence-corrected chi connectivity index (χ2v) is 9.54. The normalized spacial score (nSPS) is 14.6. The van der Waals surface area contributed by atoms with Crippen molar-refractivity contribution in [1.82, 2.24) is 15.0 Å². The number of thiazole rings is 1. The van der Waals surface area contributed by atoms with Crippen LogP contribution in [0.3, 0.4) is 0 Å². The number of piperidine rings is 1. The SMILES string of the molecule is CCOC(=O)C1CCN(c2cnc(C(=O)Cc3nc(-c4ccc(Cl)c(C(F)(F)F)c4)cs3)cn2)CC1. The largest absolute Gasteiger partial charge is 0.466 e. The molecule has 0 radical (unpaired) electrons. The average Bonchev–Trinajstić information content (AvgIpc) is 3.32. The van der Waals surface area contributed by atoms with Crippen molar-refractivity contribution in [1.29, 1.82) is 0 Å². The molecule has 0 bridgehead atoms. The Bertz CT molecular complexity index is 1240. The smallest absolute Gasteiger partial charge is 0.417 e. The van der Waals surface area contributed by atoms with E-state index in [0.29, 0.717) is 49.1 Å². The second kappa shape index (κ2) is 10.9. The number of anilines is 1. The predicted octanol–water partition coefficient (Wildman–Crippen LogP) is 5.48. The highest BCUT2D eigenvalue weighted by atomic mass is 35.5. The zero-order valence-electron chi connectivity index (χ0n) is 19.2. The molecule has 1 fully saturated rings. The maximum absolute atomic E-state index is 13.2. The number of alkyl halides is 3. The fourth-order valence-corrected chi connectivity index (χ4v) is 4.91. The molecule has 0 unspecified atom stereocenters. The third-order valence-corrected chi connectivity index (χ3v) is 6.97. The zero-order valence-corrected chi connectivity index (χ0v) is 20.8. The first-order valence-corrected chi connectivity index (χ1v) is 12.5. The molecule has 1 aliphatic heterocycles. The van der Waals surface area contributed by atoms with Crippen LogP contribution in [0.25, 0.3) is 11.3 Å². The summed E-state index contributed by atoms with van der Waals surface area (Å²) in [4.78, 5) is 39.5. The molecule has 0 aliphatic carbocycles. The number of rotatable bonds is 7. The van der Waals surface area contributed by atoms with Crippen molar-refractivity contribution in [2.24, 2.45) is 5.92 Å². The highest BCUT2D eigenvalue weighted by molar-refractivity contribution is 7.10. The van der Waals surface area contributed by atoms with Crippen molar-refractivity contribution in [3.8, 4) is 11.3 Å². The molecule has 12 heteroatoms. The number of nitrogens with zero attached hydrogens (tertiary/aromatic N) is 4. The summed E-state index contributed by atoms with van der Waals surface area (Å²) in [7, 11) is 0. The van der Waals surface area contributed by atoms with Crippen LogP contribution in [-0.2, 0) is 22.1 Å². The summed E-state index contributed by atoms with van der Waals surface area (Å²) < 4.78 is 44.5. The van der Waals surface area contributed by atoms with E-state index in [4.69, 9.17) is 16.3 Å². The first-order valence-electron chi connectivity index (χ1n) is 11.2. The summed E-state index contributed by atoms with van der Waals surface area (Å²) in [6.07, 6.45) is -0.389. The van der Waals surface area contributed by atoms with Gasteiger partial charge < -0.3 is 9.64 Å². The number of carbonyl (C=O) groups is 2. The van der Waals surface area contributed by atoms with E-state index in [9.17, 15) is 22.8 Å². The highest BCUT2D eigenvalue weighted by Crippen LogP contribution is 2.37. The predicted molar refractivity (Wildman–Crippen MR) is 129 cm³/mol. The van der Waals surface area contributed by atoms with Gasteiger partial charge in [-0.3, -0.25) is 9.59 Å². The number of ketones is 1. The minimum atomic E-state index is -4.58. The number of benzene rings is 1. The molecular weight excluding hydrogens is 517 g/mol. The van der Waals surface area contributed by atoms with Gasteiger partial charge in [0.25, 0.3) is 0 Å². The Morgan fingerprint density at radius 2 is 1.94 bits per heavy atom. The number of esters is 1. The molecule has 0 saturated carbocycles. The van der Waals surface area contributed by atoms with E-state index in [-0.39, 0.29) is 40.4 Å². The molecule has 0 atom stereocenters. The molecule has 7 nitrogen and oxygen atoms in total. The van der Waals surface area contributed by atoms with E-state index in [2.05, 4.69) is 15.0 Å². The Morgan fingerprint density at radius 1 is 1.19 bits per heavy atom. The van der Waals surface area contributed by atoms with Crippen LogP contribution in [0, 0.1) is 5.92 Å². The van der Waals surface area contributed by atoms with Crippen LogP contribution in [0.2, 0.25) is 5.02 Å². The van der Waals surface area contributed by atoms with Crippen molar-refractivity contribution in [2.75, 3.05) is 24.6 Å². The Labute approximate surface area is 214 Å².